The van der Waals surface area contributed by atoms with Crippen LogP contribution < -0.4 is 0 Å². The molecule has 1 aromatic heterocycles. The van der Waals surface area contributed by atoms with Crippen molar-refractivity contribution >= 4 is 11.6 Å². The Morgan fingerprint density at radius 2 is 1.64 bits per heavy atom. The van der Waals surface area contributed by atoms with E-state index in [0.717, 1.165) is 11.3 Å². The zero-order valence-corrected chi connectivity index (χ0v) is 13.5. The summed E-state index contributed by atoms with van der Waals surface area (Å²) in [5.41, 5.74) is 3.14. The van der Waals surface area contributed by atoms with Crippen LogP contribution in [-0.4, -0.2) is 26.8 Å². The molecule has 122 valence electrons. The Morgan fingerprint density at radius 3 is 2.32 bits per heavy atom. The molecule has 1 atom stereocenters. The van der Waals surface area contributed by atoms with E-state index in [-0.39, 0.29) is 11.9 Å². The van der Waals surface area contributed by atoms with E-state index in [2.05, 4.69) is 15.3 Å². The van der Waals surface area contributed by atoms with Gasteiger partial charge in [-0.1, -0.05) is 48.5 Å². The molecule has 1 aliphatic rings. The number of carbonyl (C=O) groups excluding carboxylic acids is 1. The number of hydrogen-bond acceptors (Lipinski definition) is 4. The first-order valence-corrected chi connectivity index (χ1v) is 8.12. The van der Waals surface area contributed by atoms with Gasteiger partial charge in [-0.2, -0.15) is 10.2 Å². The Kier molecular flexibility index (Phi) is 4.04. The van der Waals surface area contributed by atoms with Crippen molar-refractivity contribution < 1.29 is 4.79 Å². The van der Waals surface area contributed by atoms with Gasteiger partial charge in [0.2, 0.25) is 0 Å². The number of hydrogen-bond donors (Lipinski definition) is 0. The molecule has 0 spiro atoms. The predicted molar refractivity (Wildman–Crippen MR) is 95.0 cm³/mol. The first kappa shape index (κ1) is 15.2. The van der Waals surface area contributed by atoms with Gasteiger partial charge in [0.1, 0.15) is 5.69 Å². The number of rotatable bonds is 3. The topological polar surface area (TPSA) is 58.5 Å². The Balaban J connectivity index is 1.73. The lowest BCUT2D eigenvalue weighted by atomic mass is 10.00. The van der Waals surface area contributed by atoms with E-state index < -0.39 is 0 Å². The highest BCUT2D eigenvalue weighted by Gasteiger charge is 2.34. The highest BCUT2D eigenvalue weighted by Crippen LogP contribution is 2.33. The van der Waals surface area contributed by atoms with E-state index in [1.807, 2.05) is 60.7 Å². The molecule has 0 aliphatic carbocycles. The first-order chi connectivity index (χ1) is 12.3. The molecule has 25 heavy (non-hydrogen) atoms. The van der Waals surface area contributed by atoms with Gasteiger partial charge in [-0.05, 0) is 29.8 Å². The summed E-state index contributed by atoms with van der Waals surface area (Å²) in [7, 11) is 0. The van der Waals surface area contributed by atoms with Gasteiger partial charge < -0.3 is 0 Å². The van der Waals surface area contributed by atoms with Crippen LogP contribution in [0.15, 0.2) is 84.1 Å². The SMILES string of the molecule is O=C(c1ccccc1)N1N=C(c2cccnn2)CC1c1ccccc1. The van der Waals surface area contributed by atoms with Crippen LogP contribution in [0.4, 0.5) is 0 Å². The summed E-state index contributed by atoms with van der Waals surface area (Å²) >= 11 is 0. The zero-order valence-electron chi connectivity index (χ0n) is 13.5. The summed E-state index contributed by atoms with van der Waals surface area (Å²) in [5, 5.41) is 14.2. The summed E-state index contributed by atoms with van der Waals surface area (Å²) in [5.74, 6) is -0.117. The molecule has 5 nitrogen and oxygen atoms in total. The number of hydrazone groups is 1. The minimum atomic E-state index is -0.147. The van der Waals surface area contributed by atoms with Gasteiger partial charge in [0.25, 0.3) is 5.91 Å². The summed E-state index contributed by atoms with van der Waals surface area (Å²) < 4.78 is 0. The summed E-state index contributed by atoms with van der Waals surface area (Å²) in [4.78, 5) is 13.0. The Bertz CT molecular complexity index is 895. The average Bonchev–Trinajstić information content (AvgIpc) is 3.15. The third-order valence-electron chi connectivity index (χ3n) is 4.19. The first-order valence-electron chi connectivity index (χ1n) is 8.12. The van der Waals surface area contributed by atoms with Gasteiger partial charge in [-0.15, -0.1) is 5.10 Å². The summed E-state index contributed by atoms with van der Waals surface area (Å²) in [6, 6.07) is 22.7. The molecular formula is C20H16N4O. The van der Waals surface area contributed by atoms with Crippen molar-refractivity contribution in [3.8, 4) is 0 Å². The molecule has 0 N–H and O–H groups in total. The van der Waals surface area contributed by atoms with Crippen molar-refractivity contribution in [3.05, 3.63) is 95.8 Å². The zero-order chi connectivity index (χ0) is 17.1. The van der Waals surface area contributed by atoms with Crippen LogP contribution in [0.3, 0.4) is 0 Å². The lowest BCUT2D eigenvalue weighted by Crippen LogP contribution is -2.27. The van der Waals surface area contributed by atoms with E-state index in [9.17, 15) is 4.79 Å². The molecule has 2 aromatic carbocycles. The Hall–Kier alpha value is -3.34. The molecule has 0 saturated heterocycles. The van der Waals surface area contributed by atoms with E-state index in [0.29, 0.717) is 17.7 Å². The molecule has 0 radical (unpaired) electrons. The van der Waals surface area contributed by atoms with Crippen LogP contribution in [0.1, 0.15) is 34.1 Å². The molecule has 5 heteroatoms. The number of benzene rings is 2. The van der Waals surface area contributed by atoms with E-state index in [1.54, 1.807) is 23.3 Å². The second kappa shape index (κ2) is 6.65. The fourth-order valence-corrected chi connectivity index (χ4v) is 2.96. The number of aromatic nitrogens is 2. The summed E-state index contributed by atoms with van der Waals surface area (Å²) in [6.07, 6.45) is 2.24. The average molecular weight is 328 g/mol. The van der Waals surface area contributed by atoms with Gasteiger partial charge in [-0.25, -0.2) is 5.01 Å². The normalized spacial score (nSPS) is 16.6. The maximum Gasteiger partial charge on any atom is 0.274 e. The molecule has 4 rings (SSSR count). The molecule has 0 bridgehead atoms. The van der Waals surface area contributed by atoms with Crippen molar-refractivity contribution in [1.82, 2.24) is 15.2 Å². The van der Waals surface area contributed by atoms with Crippen LogP contribution in [0.25, 0.3) is 0 Å². The standard InChI is InChI=1S/C20H16N4O/c25-20(16-10-5-2-6-11-16)24-19(15-8-3-1-4-9-15)14-18(23-24)17-12-7-13-21-22-17/h1-13,19H,14H2. The minimum Gasteiger partial charge on any atom is -0.267 e. The van der Waals surface area contributed by atoms with E-state index in [4.69, 9.17) is 0 Å². The molecule has 1 amide bonds. The van der Waals surface area contributed by atoms with Crippen LogP contribution in [0.5, 0.6) is 0 Å². The number of amides is 1. The van der Waals surface area contributed by atoms with Crippen molar-refractivity contribution in [1.29, 1.82) is 0 Å². The summed E-state index contributed by atoms with van der Waals surface area (Å²) in [6.45, 7) is 0. The Morgan fingerprint density at radius 1 is 0.920 bits per heavy atom. The maximum atomic E-state index is 13.0. The van der Waals surface area contributed by atoms with Gasteiger partial charge >= 0.3 is 0 Å². The Labute approximate surface area is 145 Å². The van der Waals surface area contributed by atoms with Gasteiger partial charge in [0.05, 0.1) is 11.8 Å². The minimum absolute atomic E-state index is 0.117. The third-order valence-corrected chi connectivity index (χ3v) is 4.19. The smallest absolute Gasteiger partial charge is 0.267 e. The third kappa shape index (κ3) is 3.04. The number of carbonyl (C=O) groups is 1. The van der Waals surface area contributed by atoms with E-state index >= 15 is 0 Å². The highest BCUT2D eigenvalue weighted by molar-refractivity contribution is 6.03. The second-order valence-corrected chi connectivity index (χ2v) is 5.80. The van der Waals surface area contributed by atoms with Crippen molar-refractivity contribution in [3.63, 3.8) is 0 Å². The fraction of sp³-hybridized carbons (Fsp3) is 0.100. The van der Waals surface area contributed by atoms with Crippen molar-refractivity contribution in [2.75, 3.05) is 0 Å². The lowest BCUT2D eigenvalue weighted by Gasteiger charge is -2.22. The molecule has 0 fully saturated rings. The maximum absolute atomic E-state index is 13.0. The quantitative estimate of drug-likeness (QED) is 0.740. The molecule has 1 aliphatic heterocycles. The predicted octanol–water partition coefficient (Wildman–Crippen LogP) is 3.47. The van der Waals surface area contributed by atoms with Gasteiger partial charge in [-0.3, -0.25) is 4.79 Å². The molecule has 2 heterocycles. The number of nitrogens with zero attached hydrogens (tertiary/aromatic N) is 4. The van der Waals surface area contributed by atoms with Crippen LogP contribution >= 0.6 is 0 Å². The second-order valence-electron chi connectivity index (χ2n) is 5.80. The molecular weight excluding hydrogens is 312 g/mol. The van der Waals surface area contributed by atoms with Crippen LogP contribution in [0.2, 0.25) is 0 Å². The van der Waals surface area contributed by atoms with Gasteiger partial charge in [0, 0.05) is 18.2 Å². The van der Waals surface area contributed by atoms with Gasteiger partial charge in [0.15, 0.2) is 0 Å². The molecule has 3 aromatic rings. The molecule has 1 unspecified atom stereocenters. The van der Waals surface area contributed by atoms with Crippen LogP contribution in [-0.2, 0) is 0 Å². The van der Waals surface area contributed by atoms with E-state index in [1.165, 1.54) is 0 Å². The molecule has 0 saturated carbocycles. The fourth-order valence-electron chi connectivity index (χ4n) is 2.96. The highest BCUT2D eigenvalue weighted by atomic mass is 16.2. The largest absolute Gasteiger partial charge is 0.274 e. The lowest BCUT2D eigenvalue weighted by molar-refractivity contribution is 0.0711. The van der Waals surface area contributed by atoms with Crippen LogP contribution in [0, 0.1) is 0 Å². The van der Waals surface area contributed by atoms with Crippen molar-refractivity contribution in [2.45, 2.75) is 12.5 Å². The van der Waals surface area contributed by atoms with Crippen molar-refractivity contribution in [2.24, 2.45) is 5.10 Å². The monoisotopic (exact) mass is 328 g/mol.